The van der Waals surface area contributed by atoms with Crippen LogP contribution >= 0.6 is 12.6 Å². The lowest BCUT2D eigenvalue weighted by molar-refractivity contribution is 0.0139. The number of amides is 1. The van der Waals surface area contributed by atoms with Crippen molar-refractivity contribution in [1.82, 2.24) is 9.80 Å². The largest absolute Gasteiger partial charge is 0.444 e. The fraction of sp³-hybridized carbons (Fsp3) is 0.591. The Labute approximate surface area is 177 Å². The molecule has 1 aromatic carbocycles. The van der Waals surface area contributed by atoms with Gasteiger partial charge in [-0.2, -0.15) is 0 Å². The van der Waals surface area contributed by atoms with E-state index in [9.17, 15) is 4.79 Å². The van der Waals surface area contributed by atoms with E-state index in [4.69, 9.17) is 4.74 Å². The third-order valence-electron chi connectivity index (χ3n) is 4.49. The second-order valence-electron chi connectivity index (χ2n) is 9.52. The number of nitrogens with zero attached hydrogens (tertiary/aromatic N) is 2. The van der Waals surface area contributed by atoms with E-state index in [1.54, 1.807) is 4.90 Å². The minimum Gasteiger partial charge on any atom is -0.444 e. The molecular weight excluding hydrogens is 384 g/mol. The maximum absolute atomic E-state index is 12.2. The van der Waals surface area contributed by atoms with E-state index in [0.717, 1.165) is 30.1 Å². The Morgan fingerprint density at radius 2 is 1.79 bits per heavy atom. The van der Waals surface area contributed by atoms with Crippen molar-refractivity contribution >= 4 is 26.8 Å². The molecule has 1 heterocycles. The number of rotatable bonds is 2. The van der Waals surface area contributed by atoms with Crippen LogP contribution in [0.25, 0.3) is 0 Å². The van der Waals surface area contributed by atoms with Crippen molar-refractivity contribution in [2.24, 2.45) is 0 Å². The number of piperazine rings is 1. The van der Waals surface area contributed by atoms with Crippen molar-refractivity contribution in [2.45, 2.75) is 64.4 Å². The highest BCUT2D eigenvalue weighted by Crippen LogP contribution is 2.22. The number of benzene rings is 1. The van der Waals surface area contributed by atoms with Crippen molar-refractivity contribution in [1.29, 1.82) is 0 Å². The topological polar surface area (TPSA) is 32.8 Å². The van der Waals surface area contributed by atoms with Crippen molar-refractivity contribution in [3.63, 3.8) is 0 Å². The summed E-state index contributed by atoms with van der Waals surface area (Å²) in [7, 11) is -1.41. The summed E-state index contributed by atoms with van der Waals surface area (Å²) in [6.07, 6.45) is -0.218. The van der Waals surface area contributed by atoms with Crippen LogP contribution in [0.5, 0.6) is 0 Å². The normalized spacial score (nSPS) is 15.8. The Morgan fingerprint density at radius 3 is 2.32 bits per heavy atom. The van der Waals surface area contributed by atoms with Crippen LogP contribution in [0.3, 0.4) is 0 Å². The maximum atomic E-state index is 12.2. The van der Waals surface area contributed by atoms with E-state index in [-0.39, 0.29) is 6.09 Å². The predicted octanol–water partition coefficient (Wildman–Crippen LogP) is 4.57. The summed E-state index contributed by atoms with van der Waals surface area (Å²) >= 11 is 4.66. The molecule has 0 N–H and O–H groups in total. The number of carbonyl (C=O) groups is 1. The first-order valence-corrected chi connectivity index (χ1v) is 13.8. The molecule has 2 rings (SSSR count). The van der Waals surface area contributed by atoms with Gasteiger partial charge in [-0.1, -0.05) is 25.6 Å². The predicted molar refractivity (Wildman–Crippen MR) is 122 cm³/mol. The summed E-state index contributed by atoms with van der Waals surface area (Å²) in [5.41, 5.74) is 6.49. The zero-order valence-corrected chi connectivity index (χ0v) is 20.2. The molecule has 154 valence electrons. The first kappa shape index (κ1) is 22.9. The van der Waals surface area contributed by atoms with E-state index in [1.165, 1.54) is 11.1 Å². The fourth-order valence-electron chi connectivity index (χ4n) is 2.91. The van der Waals surface area contributed by atoms with Crippen molar-refractivity contribution in [3.05, 3.63) is 28.8 Å². The van der Waals surface area contributed by atoms with E-state index < -0.39 is 13.7 Å². The molecule has 1 aliphatic rings. The summed E-state index contributed by atoms with van der Waals surface area (Å²) < 4.78 is 5.48. The van der Waals surface area contributed by atoms with Crippen LogP contribution in [0.2, 0.25) is 19.6 Å². The third kappa shape index (κ3) is 7.19. The Balaban J connectivity index is 2.03. The Morgan fingerprint density at radius 1 is 1.18 bits per heavy atom. The molecular formula is C22H34N2O2SSi. The first-order valence-electron chi connectivity index (χ1n) is 9.90. The van der Waals surface area contributed by atoms with Crippen LogP contribution in [-0.4, -0.2) is 55.7 Å². The first-order chi connectivity index (χ1) is 12.8. The van der Waals surface area contributed by atoms with E-state index in [0.29, 0.717) is 13.1 Å². The number of hydrogen-bond acceptors (Lipinski definition) is 4. The third-order valence-corrected chi connectivity index (χ3v) is 5.83. The molecule has 0 aliphatic carbocycles. The molecule has 1 amide bonds. The number of hydrogen-bond donors (Lipinski definition) is 1. The van der Waals surface area contributed by atoms with Crippen LogP contribution < -0.4 is 0 Å². The van der Waals surface area contributed by atoms with Crippen molar-refractivity contribution in [2.75, 3.05) is 26.2 Å². The van der Waals surface area contributed by atoms with Gasteiger partial charge in [-0.3, -0.25) is 4.90 Å². The number of carbonyl (C=O) groups excluding carboxylic acids is 1. The second-order valence-corrected chi connectivity index (χ2v) is 14.8. The fourth-order valence-corrected chi connectivity index (χ4v) is 3.71. The van der Waals surface area contributed by atoms with Gasteiger partial charge in [0.1, 0.15) is 13.7 Å². The summed E-state index contributed by atoms with van der Waals surface area (Å²) in [5, 5.41) is 0. The Bertz CT molecular complexity index is 777. The van der Waals surface area contributed by atoms with Gasteiger partial charge >= 0.3 is 6.09 Å². The molecule has 0 unspecified atom stereocenters. The number of thiol groups is 1. The van der Waals surface area contributed by atoms with Gasteiger partial charge in [0.15, 0.2) is 0 Å². The van der Waals surface area contributed by atoms with Crippen LogP contribution in [0.15, 0.2) is 17.0 Å². The summed E-state index contributed by atoms with van der Waals surface area (Å²) in [6, 6.07) is 4.26. The molecule has 0 bridgehead atoms. The average Bonchev–Trinajstić information content (AvgIpc) is 2.55. The van der Waals surface area contributed by atoms with E-state index in [2.05, 4.69) is 67.7 Å². The van der Waals surface area contributed by atoms with Gasteiger partial charge in [0.05, 0.1) is 0 Å². The summed E-state index contributed by atoms with van der Waals surface area (Å²) in [6.45, 7) is 18.5. The minimum atomic E-state index is -1.41. The molecule has 1 saturated heterocycles. The van der Waals surface area contributed by atoms with E-state index >= 15 is 0 Å². The molecule has 0 atom stereocenters. The van der Waals surface area contributed by atoms with Gasteiger partial charge in [-0.15, -0.1) is 18.2 Å². The quantitative estimate of drug-likeness (QED) is 0.434. The van der Waals surface area contributed by atoms with Crippen molar-refractivity contribution < 1.29 is 9.53 Å². The monoisotopic (exact) mass is 418 g/mol. The number of ether oxygens (including phenoxy) is 1. The standard InChI is InChI=1S/C22H34N2O2SSi/c1-17-19(14-18(15-20(17)27)8-13-28(5,6)7)16-23-9-11-24(12-10-23)21(25)26-22(2,3)4/h14-15,27H,9-12,16H2,1-7H3. The summed E-state index contributed by atoms with van der Waals surface area (Å²) in [4.78, 5) is 17.4. The molecule has 1 fully saturated rings. The molecule has 0 saturated carbocycles. The molecule has 6 heteroatoms. The molecule has 0 spiro atoms. The molecule has 1 aromatic rings. The summed E-state index contributed by atoms with van der Waals surface area (Å²) in [5.74, 6) is 3.35. The maximum Gasteiger partial charge on any atom is 0.410 e. The van der Waals surface area contributed by atoms with Crippen LogP contribution in [0.1, 0.15) is 37.5 Å². The molecule has 0 radical (unpaired) electrons. The van der Waals surface area contributed by atoms with Crippen LogP contribution in [0, 0.1) is 18.4 Å². The van der Waals surface area contributed by atoms with Gasteiger partial charge < -0.3 is 9.64 Å². The Kier molecular flexibility index (Phi) is 7.30. The van der Waals surface area contributed by atoms with Gasteiger partial charge in [-0.05, 0) is 51.0 Å². The lowest BCUT2D eigenvalue weighted by Gasteiger charge is -2.35. The molecule has 28 heavy (non-hydrogen) atoms. The van der Waals surface area contributed by atoms with Gasteiger partial charge in [0.2, 0.25) is 0 Å². The van der Waals surface area contributed by atoms with Crippen molar-refractivity contribution in [3.8, 4) is 11.5 Å². The second kappa shape index (κ2) is 8.94. The zero-order valence-electron chi connectivity index (χ0n) is 18.3. The van der Waals surface area contributed by atoms with Gasteiger partial charge in [0.25, 0.3) is 0 Å². The molecule has 1 aliphatic heterocycles. The molecule has 0 aromatic heterocycles. The molecule has 4 nitrogen and oxygen atoms in total. The highest BCUT2D eigenvalue weighted by Gasteiger charge is 2.26. The van der Waals surface area contributed by atoms with Crippen LogP contribution in [-0.2, 0) is 11.3 Å². The smallest absolute Gasteiger partial charge is 0.410 e. The SMILES string of the molecule is Cc1c(S)cc(C#C[Si](C)(C)C)cc1CN1CCN(C(=O)OC(C)(C)C)CC1. The highest BCUT2D eigenvalue weighted by molar-refractivity contribution is 7.80. The lowest BCUT2D eigenvalue weighted by atomic mass is 10.0. The minimum absolute atomic E-state index is 0.218. The lowest BCUT2D eigenvalue weighted by Crippen LogP contribution is -2.49. The Hall–Kier alpha value is -1.42. The van der Waals surface area contributed by atoms with Crippen LogP contribution in [0.4, 0.5) is 4.79 Å². The van der Waals surface area contributed by atoms with E-state index in [1.807, 2.05) is 20.8 Å². The highest BCUT2D eigenvalue weighted by atomic mass is 32.1. The van der Waals surface area contributed by atoms with Gasteiger partial charge in [-0.25, -0.2) is 4.79 Å². The zero-order chi connectivity index (χ0) is 21.1. The van der Waals surface area contributed by atoms with Gasteiger partial charge in [0, 0.05) is 43.2 Å². The average molecular weight is 419 g/mol.